The molecule has 1 aliphatic carbocycles. The highest BCUT2D eigenvalue weighted by atomic mass is 32.1. The largest absolute Gasteiger partial charge is 0.388 e. The van der Waals surface area contributed by atoms with Crippen LogP contribution >= 0.6 is 11.3 Å². The third-order valence-electron chi connectivity index (χ3n) is 4.54. The van der Waals surface area contributed by atoms with Gasteiger partial charge in [-0.05, 0) is 18.4 Å². The van der Waals surface area contributed by atoms with E-state index in [4.69, 9.17) is 0 Å². The van der Waals surface area contributed by atoms with E-state index in [1.165, 1.54) is 21.7 Å². The predicted octanol–water partition coefficient (Wildman–Crippen LogP) is 2.92. The van der Waals surface area contributed by atoms with Crippen molar-refractivity contribution in [2.75, 3.05) is 0 Å². The van der Waals surface area contributed by atoms with E-state index in [1.807, 2.05) is 36.4 Å². The number of nitrogens with one attached hydrogen (secondary N) is 1. The molecule has 0 radical (unpaired) electrons. The van der Waals surface area contributed by atoms with E-state index >= 15 is 0 Å². The summed E-state index contributed by atoms with van der Waals surface area (Å²) in [6.07, 6.45) is 3.84. The van der Waals surface area contributed by atoms with Gasteiger partial charge in [-0.3, -0.25) is 0 Å². The Bertz CT molecular complexity index is 1050. The van der Waals surface area contributed by atoms with Gasteiger partial charge in [0.1, 0.15) is 0 Å². The van der Waals surface area contributed by atoms with Crippen LogP contribution in [0.3, 0.4) is 0 Å². The van der Waals surface area contributed by atoms with Crippen LogP contribution in [0.25, 0.3) is 11.3 Å². The number of thiazole rings is 1. The standard InChI is InChI=1S/C21H20N4OS/c1-2-14-25-19-17-11-7-6-8-15(17)12-13-18(19)27-21(25)22-20(26)24-23-16-9-4-3-5-10-16/h2-11,23H,1,12-14H2,(H,24,26)/p+1. The molecular weight excluding hydrogens is 356 g/mol. The fourth-order valence-corrected chi connectivity index (χ4v) is 4.48. The summed E-state index contributed by atoms with van der Waals surface area (Å²) in [4.78, 5) is 18.7. The SMILES string of the molecule is C=CCn1c2c(sc1=NC(=O)N[NH2+]c1ccccc1)CCc1ccccc1-2. The van der Waals surface area contributed by atoms with Crippen LogP contribution in [0.15, 0.2) is 72.2 Å². The minimum Gasteiger partial charge on any atom is -0.312 e. The fraction of sp³-hybridized carbons (Fsp3) is 0.143. The summed E-state index contributed by atoms with van der Waals surface area (Å²) >= 11 is 1.59. The number of hydrogen-bond donors (Lipinski definition) is 2. The van der Waals surface area contributed by atoms with Crippen molar-refractivity contribution in [3.8, 4) is 11.3 Å². The molecule has 1 aromatic heterocycles. The van der Waals surface area contributed by atoms with Crippen molar-refractivity contribution in [1.82, 2.24) is 9.99 Å². The Hall–Kier alpha value is -2.96. The number of allylic oxidation sites excluding steroid dienone is 1. The Labute approximate surface area is 161 Å². The zero-order chi connectivity index (χ0) is 18.6. The number of fused-ring (bicyclic) bond motifs is 3. The summed E-state index contributed by atoms with van der Waals surface area (Å²) in [5, 5.41) is 0. The first kappa shape index (κ1) is 17.5. The molecule has 0 saturated heterocycles. The molecule has 0 atom stereocenters. The highest BCUT2D eigenvalue weighted by molar-refractivity contribution is 7.09. The van der Waals surface area contributed by atoms with Crippen molar-refractivity contribution in [3.63, 3.8) is 0 Å². The van der Waals surface area contributed by atoms with Gasteiger partial charge in [-0.25, -0.2) is 10.2 Å². The molecule has 136 valence electrons. The van der Waals surface area contributed by atoms with Gasteiger partial charge in [-0.1, -0.05) is 48.5 Å². The number of rotatable bonds is 4. The van der Waals surface area contributed by atoms with Gasteiger partial charge in [0.25, 0.3) is 0 Å². The van der Waals surface area contributed by atoms with E-state index in [-0.39, 0.29) is 6.03 Å². The Morgan fingerprint density at radius 2 is 1.96 bits per heavy atom. The van der Waals surface area contributed by atoms with Crippen molar-refractivity contribution in [3.05, 3.63) is 82.5 Å². The Kier molecular flexibility index (Phi) is 5.00. The third kappa shape index (κ3) is 3.63. The molecule has 3 aromatic rings. The molecule has 1 aliphatic rings. The summed E-state index contributed by atoms with van der Waals surface area (Å²) in [6.45, 7) is 4.49. The second kappa shape index (κ2) is 7.73. The molecule has 0 fully saturated rings. The smallest absolute Gasteiger partial charge is 0.312 e. The number of para-hydroxylation sites is 1. The van der Waals surface area contributed by atoms with Gasteiger partial charge in [-0.2, -0.15) is 10.4 Å². The summed E-state index contributed by atoms with van der Waals surface area (Å²) in [6, 6.07) is 17.7. The van der Waals surface area contributed by atoms with E-state index < -0.39 is 0 Å². The van der Waals surface area contributed by atoms with Crippen LogP contribution in [0.5, 0.6) is 0 Å². The van der Waals surface area contributed by atoms with Gasteiger partial charge in [0.05, 0.1) is 5.69 Å². The molecule has 1 heterocycles. The van der Waals surface area contributed by atoms with Gasteiger partial charge in [-0.15, -0.1) is 17.9 Å². The summed E-state index contributed by atoms with van der Waals surface area (Å²) < 4.78 is 2.09. The molecule has 0 unspecified atom stereocenters. The second-order valence-electron chi connectivity index (χ2n) is 6.33. The maximum atomic E-state index is 12.4. The molecule has 0 bridgehead atoms. The van der Waals surface area contributed by atoms with Gasteiger partial charge >= 0.3 is 6.03 Å². The Morgan fingerprint density at radius 3 is 2.78 bits per heavy atom. The summed E-state index contributed by atoms with van der Waals surface area (Å²) in [5.74, 6) is 0. The monoisotopic (exact) mass is 377 g/mol. The van der Waals surface area contributed by atoms with Gasteiger partial charge < -0.3 is 4.57 Å². The lowest BCUT2D eigenvalue weighted by Gasteiger charge is -2.18. The molecule has 0 aliphatic heterocycles. The number of aryl methyl sites for hydroxylation is 2. The van der Waals surface area contributed by atoms with Crippen molar-refractivity contribution in [2.24, 2.45) is 4.99 Å². The van der Waals surface area contributed by atoms with Crippen LogP contribution in [0.2, 0.25) is 0 Å². The van der Waals surface area contributed by atoms with Crippen LogP contribution in [0.4, 0.5) is 10.5 Å². The maximum Gasteiger partial charge on any atom is 0.388 e. The van der Waals surface area contributed by atoms with E-state index in [1.54, 1.807) is 16.8 Å². The minimum absolute atomic E-state index is 0.372. The summed E-state index contributed by atoms with van der Waals surface area (Å²) in [5.41, 5.74) is 9.10. The first-order valence-corrected chi connectivity index (χ1v) is 9.73. The molecule has 6 heteroatoms. The first-order chi connectivity index (χ1) is 13.3. The van der Waals surface area contributed by atoms with Gasteiger partial charge in [0.15, 0.2) is 10.5 Å². The molecule has 5 nitrogen and oxygen atoms in total. The molecule has 0 spiro atoms. The molecule has 0 saturated carbocycles. The van der Waals surface area contributed by atoms with Crippen molar-refractivity contribution in [1.29, 1.82) is 0 Å². The topological polar surface area (TPSA) is 63.0 Å². The quantitative estimate of drug-likeness (QED) is 0.237. The second-order valence-corrected chi connectivity index (χ2v) is 7.39. The number of urea groups is 1. The summed E-state index contributed by atoms with van der Waals surface area (Å²) in [7, 11) is 0. The van der Waals surface area contributed by atoms with Crippen LogP contribution in [0, 0.1) is 0 Å². The van der Waals surface area contributed by atoms with Crippen LogP contribution in [-0.2, 0) is 19.4 Å². The number of amides is 2. The van der Waals surface area contributed by atoms with E-state index in [0.29, 0.717) is 11.3 Å². The van der Waals surface area contributed by atoms with Gasteiger partial charge in [0.2, 0.25) is 0 Å². The zero-order valence-electron chi connectivity index (χ0n) is 14.9. The Balaban J connectivity index is 1.67. The normalized spacial score (nSPS) is 13.0. The number of carbonyl (C=O) groups excluding carboxylic acids is 1. The molecular formula is C21H21N4OS+. The fourth-order valence-electron chi connectivity index (χ4n) is 3.34. The third-order valence-corrected chi connectivity index (χ3v) is 5.68. The number of benzene rings is 2. The zero-order valence-corrected chi connectivity index (χ0v) is 15.7. The van der Waals surface area contributed by atoms with E-state index in [2.05, 4.69) is 45.8 Å². The highest BCUT2D eigenvalue weighted by Crippen LogP contribution is 2.34. The van der Waals surface area contributed by atoms with Gasteiger partial charge in [0, 0.05) is 29.1 Å². The molecule has 2 aromatic carbocycles. The number of nitrogens with two attached hydrogens (primary N) is 1. The van der Waals surface area contributed by atoms with Crippen molar-refractivity contribution >= 4 is 23.1 Å². The highest BCUT2D eigenvalue weighted by Gasteiger charge is 2.22. The van der Waals surface area contributed by atoms with Crippen LogP contribution in [0.1, 0.15) is 10.4 Å². The molecule has 2 amide bonds. The number of nitrogens with zero attached hydrogens (tertiary/aromatic N) is 2. The Morgan fingerprint density at radius 1 is 1.19 bits per heavy atom. The average Bonchev–Trinajstić information content (AvgIpc) is 3.05. The average molecular weight is 377 g/mol. The predicted molar refractivity (Wildman–Crippen MR) is 107 cm³/mol. The maximum absolute atomic E-state index is 12.4. The lowest BCUT2D eigenvalue weighted by atomic mass is 9.93. The number of carbonyl (C=O) groups is 1. The number of quaternary nitrogens is 1. The van der Waals surface area contributed by atoms with Crippen molar-refractivity contribution in [2.45, 2.75) is 19.4 Å². The van der Waals surface area contributed by atoms with E-state index in [9.17, 15) is 4.79 Å². The number of aromatic nitrogens is 1. The van der Waals surface area contributed by atoms with E-state index in [0.717, 1.165) is 18.5 Å². The molecule has 3 N–H and O–H groups in total. The minimum atomic E-state index is -0.372. The number of hydrogen-bond acceptors (Lipinski definition) is 2. The van der Waals surface area contributed by atoms with Crippen LogP contribution < -0.4 is 15.7 Å². The lowest BCUT2D eigenvalue weighted by Crippen LogP contribution is -2.89. The van der Waals surface area contributed by atoms with Crippen molar-refractivity contribution < 1.29 is 10.2 Å². The lowest BCUT2D eigenvalue weighted by molar-refractivity contribution is -0.618. The first-order valence-electron chi connectivity index (χ1n) is 8.91. The molecule has 4 rings (SSSR count). The van der Waals surface area contributed by atoms with Crippen LogP contribution in [-0.4, -0.2) is 10.6 Å². The molecule has 27 heavy (non-hydrogen) atoms.